The predicted molar refractivity (Wildman–Crippen MR) is 168 cm³/mol. The highest BCUT2D eigenvalue weighted by Gasteiger charge is 2.40. The van der Waals surface area contributed by atoms with Gasteiger partial charge in [0.15, 0.2) is 0 Å². The van der Waals surface area contributed by atoms with Crippen LogP contribution in [0.25, 0.3) is 22.2 Å². The zero-order valence-corrected chi connectivity index (χ0v) is 27.5. The molecule has 0 bridgehead atoms. The number of hydrogen-bond donors (Lipinski definition) is 1. The molecule has 0 spiro atoms. The van der Waals surface area contributed by atoms with Gasteiger partial charge in [0.05, 0.1) is 5.56 Å². The summed E-state index contributed by atoms with van der Waals surface area (Å²) in [6.07, 6.45) is 3.35. The number of pyridine rings is 1. The summed E-state index contributed by atoms with van der Waals surface area (Å²) in [4.78, 5) is 32.3. The Kier molecular flexibility index (Phi) is 8.78. The van der Waals surface area contributed by atoms with Crippen LogP contribution in [0.4, 0.5) is 19.4 Å². The third-order valence-corrected chi connectivity index (χ3v) is 9.60. The highest BCUT2D eigenvalue weighted by atomic mass is 28.3. The molecule has 44 heavy (non-hydrogen) atoms. The molecule has 1 N–H and O–H groups in total. The molecular weight excluding hydrogens is 586 g/mol. The van der Waals surface area contributed by atoms with Crippen LogP contribution in [0.15, 0.2) is 30.5 Å². The first-order valence-corrected chi connectivity index (χ1v) is 18.8. The molecule has 1 aromatic carbocycles. The van der Waals surface area contributed by atoms with E-state index in [4.69, 9.17) is 19.2 Å². The van der Waals surface area contributed by atoms with Crippen LogP contribution in [-0.4, -0.2) is 59.4 Å². The number of anilines is 1. The van der Waals surface area contributed by atoms with Crippen LogP contribution in [-0.2, 0) is 22.7 Å². The minimum Gasteiger partial charge on any atom is -0.444 e. The second-order valence-corrected chi connectivity index (χ2v) is 19.6. The van der Waals surface area contributed by atoms with Crippen molar-refractivity contribution in [1.82, 2.24) is 14.5 Å². The molecule has 0 unspecified atom stereocenters. The van der Waals surface area contributed by atoms with Gasteiger partial charge in [0, 0.05) is 44.4 Å². The van der Waals surface area contributed by atoms with Crippen LogP contribution in [0, 0.1) is 5.92 Å². The lowest BCUT2D eigenvalue weighted by molar-refractivity contribution is -0.0501. The zero-order valence-electron chi connectivity index (χ0n) is 26.5. The third kappa shape index (κ3) is 7.40. The minimum absolute atomic E-state index is 0.0214. The Balaban J connectivity index is 1.53. The molecule has 3 heterocycles. The average Bonchev–Trinajstić information content (AvgIpc) is 3.61. The van der Waals surface area contributed by atoms with E-state index in [2.05, 4.69) is 25.0 Å². The number of carbonyl (C=O) groups is 2. The van der Waals surface area contributed by atoms with E-state index in [0.29, 0.717) is 47.2 Å². The molecular formula is C32H42F2N4O5Si. The number of aromatic nitrogens is 2. The first-order chi connectivity index (χ1) is 20.6. The monoisotopic (exact) mass is 628 g/mol. The van der Waals surface area contributed by atoms with Crippen LogP contribution in [0.3, 0.4) is 0 Å². The number of rotatable bonds is 11. The number of benzene rings is 1. The molecule has 3 aromatic rings. The number of nitrogens with zero attached hydrogens (tertiary/aromatic N) is 3. The van der Waals surface area contributed by atoms with E-state index in [1.165, 1.54) is 6.07 Å². The Labute approximate surface area is 257 Å². The minimum atomic E-state index is -3.08. The number of amides is 2. The van der Waals surface area contributed by atoms with Crippen molar-refractivity contribution in [3.63, 3.8) is 0 Å². The fourth-order valence-electron chi connectivity index (χ4n) is 5.46. The van der Waals surface area contributed by atoms with Crippen molar-refractivity contribution in [2.75, 3.05) is 11.9 Å². The Morgan fingerprint density at radius 1 is 1.18 bits per heavy atom. The first kappa shape index (κ1) is 31.9. The lowest BCUT2D eigenvalue weighted by Gasteiger charge is -2.24. The summed E-state index contributed by atoms with van der Waals surface area (Å²) in [5, 5.41) is 3.41. The fourth-order valence-corrected chi connectivity index (χ4v) is 6.21. The summed E-state index contributed by atoms with van der Waals surface area (Å²) >= 11 is 0. The van der Waals surface area contributed by atoms with Crippen LogP contribution in [0.5, 0.6) is 5.75 Å². The molecule has 1 aliphatic heterocycles. The van der Waals surface area contributed by atoms with E-state index in [9.17, 15) is 18.4 Å². The van der Waals surface area contributed by atoms with Crippen molar-refractivity contribution in [2.24, 2.45) is 5.92 Å². The van der Waals surface area contributed by atoms with Crippen molar-refractivity contribution in [3.8, 4) is 16.9 Å². The summed E-state index contributed by atoms with van der Waals surface area (Å²) in [6.45, 7) is 12.2. The second kappa shape index (κ2) is 12.1. The van der Waals surface area contributed by atoms with Gasteiger partial charge >= 0.3 is 12.7 Å². The van der Waals surface area contributed by atoms with E-state index in [0.717, 1.165) is 24.3 Å². The van der Waals surface area contributed by atoms with Crippen LogP contribution >= 0.6 is 0 Å². The number of halogens is 2. The van der Waals surface area contributed by atoms with Crippen molar-refractivity contribution in [1.29, 1.82) is 0 Å². The van der Waals surface area contributed by atoms with Gasteiger partial charge in [-0.2, -0.15) is 8.78 Å². The van der Waals surface area contributed by atoms with Gasteiger partial charge in [0.25, 0.3) is 5.91 Å². The summed E-state index contributed by atoms with van der Waals surface area (Å²) in [7, 11) is -1.31. The lowest BCUT2D eigenvalue weighted by Crippen LogP contribution is -2.34. The van der Waals surface area contributed by atoms with E-state index < -0.39 is 26.4 Å². The van der Waals surface area contributed by atoms with Crippen molar-refractivity contribution < 1.29 is 32.6 Å². The first-order valence-electron chi connectivity index (χ1n) is 15.1. The third-order valence-electron chi connectivity index (χ3n) is 7.90. The van der Waals surface area contributed by atoms with E-state index in [-0.39, 0.29) is 30.0 Å². The molecule has 0 saturated heterocycles. The van der Waals surface area contributed by atoms with E-state index >= 15 is 0 Å². The highest BCUT2D eigenvalue weighted by molar-refractivity contribution is 6.76. The van der Waals surface area contributed by atoms with Crippen LogP contribution < -0.4 is 10.1 Å². The number of hydrogen-bond acceptors (Lipinski definition) is 6. The topological polar surface area (TPSA) is 94.9 Å². The van der Waals surface area contributed by atoms with Gasteiger partial charge in [-0.3, -0.25) is 10.1 Å². The molecule has 1 saturated carbocycles. The zero-order chi connectivity index (χ0) is 32.0. The normalized spacial score (nSPS) is 16.0. The fraction of sp³-hybridized carbons (Fsp3) is 0.531. The predicted octanol–water partition coefficient (Wildman–Crippen LogP) is 7.72. The van der Waals surface area contributed by atoms with Gasteiger partial charge in [0.1, 0.15) is 29.5 Å². The molecule has 1 fully saturated rings. The van der Waals surface area contributed by atoms with E-state index in [1.807, 2.05) is 29.8 Å². The summed E-state index contributed by atoms with van der Waals surface area (Å²) < 4.78 is 45.4. The van der Waals surface area contributed by atoms with Gasteiger partial charge in [-0.15, -0.1) is 0 Å². The van der Waals surface area contributed by atoms with Gasteiger partial charge in [-0.1, -0.05) is 19.6 Å². The van der Waals surface area contributed by atoms with Crippen LogP contribution in [0.1, 0.15) is 56.5 Å². The molecule has 12 heteroatoms. The van der Waals surface area contributed by atoms with Crippen LogP contribution in [0.2, 0.25) is 25.7 Å². The maximum absolute atomic E-state index is 13.6. The molecule has 5 rings (SSSR count). The molecule has 1 atom stereocenters. The molecule has 2 aliphatic rings. The molecule has 2 aromatic heterocycles. The van der Waals surface area contributed by atoms with E-state index in [1.54, 1.807) is 31.7 Å². The Morgan fingerprint density at radius 2 is 1.91 bits per heavy atom. The summed E-state index contributed by atoms with van der Waals surface area (Å²) in [6, 6.07) is 7.87. The summed E-state index contributed by atoms with van der Waals surface area (Å²) in [5.74, 6) is 0.317. The lowest BCUT2D eigenvalue weighted by atomic mass is 9.99. The highest BCUT2D eigenvalue weighted by Crippen LogP contribution is 2.43. The summed E-state index contributed by atoms with van der Waals surface area (Å²) in [5.41, 5.74) is 2.05. The van der Waals surface area contributed by atoms with Crippen molar-refractivity contribution in [3.05, 3.63) is 41.6 Å². The molecule has 9 nitrogen and oxygen atoms in total. The molecule has 1 aliphatic carbocycles. The SMILES string of the molecule is C[C@@H](C1CC1)N1Cc2cc(-c3cn(COCC[Si](C)(C)C)c4nc(NC(=O)OC(C)(C)C)ccc34)cc(OC(F)F)c2C1=O. The number of fused-ring (bicyclic) bond motifs is 2. The standard InChI is InChI=1S/C32H42F2N4O5Si/c1-19(20-8-9-20)38-16-22-14-21(15-25(42-30(33)34)27(22)29(38)39)24-17-37(18-41-12-13-44(5,6)7)28-23(24)10-11-26(35-28)36-31(40)43-32(2,3)4/h10-11,14-15,17,19-20,30H,8-9,12-13,16,18H2,1-7H3,(H,35,36,40)/t19-/m0/s1. The largest absolute Gasteiger partial charge is 0.444 e. The van der Waals surface area contributed by atoms with Gasteiger partial charge < -0.3 is 23.7 Å². The quantitative estimate of drug-likeness (QED) is 0.173. The molecule has 2 amide bonds. The van der Waals surface area contributed by atoms with Gasteiger partial charge in [0.2, 0.25) is 0 Å². The molecule has 238 valence electrons. The molecule has 0 radical (unpaired) electrons. The van der Waals surface area contributed by atoms with Gasteiger partial charge in [-0.05, 0) is 87.9 Å². The maximum Gasteiger partial charge on any atom is 0.413 e. The number of nitrogens with one attached hydrogen (secondary N) is 1. The Morgan fingerprint density at radius 3 is 2.55 bits per heavy atom. The Hall–Kier alpha value is -3.51. The van der Waals surface area contributed by atoms with Crippen molar-refractivity contribution >= 4 is 36.9 Å². The number of alkyl halides is 2. The van der Waals surface area contributed by atoms with Gasteiger partial charge in [-0.25, -0.2) is 9.78 Å². The van der Waals surface area contributed by atoms with Crippen molar-refractivity contribution in [2.45, 2.75) is 97.8 Å². The number of carbonyl (C=O) groups excluding carboxylic acids is 2. The average molecular weight is 629 g/mol. The smallest absolute Gasteiger partial charge is 0.413 e. The Bertz CT molecular complexity index is 1560. The number of ether oxygens (including phenoxy) is 3. The second-order valence-electron chi connectivity index (χ2n) is 14.0. The maximum atomic E-state index is 13.6.